The minimum Gasteiger partial charge on any atom is -0.335 e. The Kier molecular flexibility index (Phi) is 6.37. The van der Waals surface area contributed by atoms with E-state index in [0.29, 0.717) is 51.4 Å². The van der Waals surface area contributed by atoms with E-state index in [1.165, 1.54) is 0 Å². The molecule has 0 aromatic rings. The van der Waals surface area contributed by atoms with E-state index in [0.717, 1.165) is 17.7 Å². The van der Waals surface area contributed by atoms with Crippen molar-refractivity contribution in [2.45, 2.75) is 93.0 Å². The second-order valence-electron chi connectivity index (χ2n) is 6.95. The highest BCUT2D eigenvalue weighted by Gasteiger charge is 2.75. The van der Waals surface area contributed by atoms with E-state index in [-0.39, 0.29) is 0 Å². The highest BCUT2D eigenvalue weighted by atomic mass is 79.9. The molecule has 0 N–H and O–H groups in total. The van der Waals surface area contributed by atoms with Crippen LogP contribution < -0.4 is 0 Å². The second kappa shape index (κ2) is 7.64. The fourth-order valence-electron chi connectivity index (χ4n) is 3.93. The monoisotopic (exact) mass is 437 g/mol. The van der Waals surface area contributed by atoms with Crippen molar-refractivity contribution in [2.75, 3.05) is 0 Å². The first-order valence-electron chi connectivity index (χ1n) is 8.65. The molecule has 0 aromatic heterocycles. The van der Waals surface area contributed by atoms with Crippen molar-refractivity contribution in [3.8, 4) is 0 Å². The Hall–Kier alpha value is -0.470. The molecule has 0 aliphatic heterocycles. The van der Waals surface area contributed by atoms with Gasteiger partial charge in [-0.1, -0.05) is 54.5 Å². The van der Waals surface area contributed by atoms with Gasteiger partial charge >= 0.3 is 12.4 Å². The van der Waals surface area contributed by atoms with Crippen LogP contribution in [0.1, 0.15) is 64.2 Å². The molecule has 9 heteroatoms. The molecule has 0 saturated heterocycles. The summed E-state index contributed by atoms with van der Waals surface area (Å²) in [5, 5.41) is 0. The lowest BCUT2D eigenvalue weighted by Gasteiger charge is -2.45. The van der Waals surface area contributed by atoms with Crippen LogP contribution in [0.4, 0.5) is 26.3 Å². The topological polar surface area (TPSA) is 20.3 Å². The minimum atomic E-state index is -5.76. The average Bonchev–Trinajstić information content (AvgIpc) is 2.54. The number of halogens is 7. The van der Waals surface area contributed by atoms with Crippen molar-refractivity contribution in [3.63, 3.8) is 0 Å². The van der Waals surface area contributed by atoms with Crippen molar-refractivity contribution >= 4 is 21.8 Å². The lowest BCUT2D eigenvalue weighted by atomic mass is 9.87. The smallest absolute Gasteiger partial charge is 0.335 e. The average molecular weight is 438 g/mol. The van der Waals surface area contributed by atoms with Crippen molar-refractivity contribution in [3.05, 3.63) is 0 Å². The van der Waals surface area contributed by atoms with E-state index in [1.54, 1.807) is 15.9 Å². The molecule has 25 heavy (non-hydrogen) atoms. The van der Waals surface area contributed by atoms with Crippen LogP contribution in [0.25, 0.3) is 0 Å². The molecule has 0 spiro atoms. The maximum Gasteiger partial charge on any atom is 0.421 e. The summed E-state index contributed by atoms with van der Waals surface area (Å²) in [4.78, 5) is 13.6. The Morgan fingerprint density at radius 1 is 0.720 bits per heavy atom. The molecule has 2 fully saturated rings. The first-order chi connectivity index (χ1) is 11.5. The van der Waals surface area contributed by atoms with Crippen molar-refractivity contribution in [1.82, 2.24) is 4.90 Å². The van der Waals surface area contributed by atoms with Gasteiger partial charge in [0.15, 0.2) is 0 Å². The Morgan fingerprint density at radius 3 is 1.32 bits per heavy atom. The van der Waals surface area contributed by atoms with Crippen LogP contribution in [-0.2, 0) is 4.79 Å². The molecule has 2 aliphatic carbocycles. The molecule has 2 saturated carbocycles. The van der Waals surface area contributed by atoms with Crippen molar-refractivity contribution in [1.29, 1.82) is 0 Å². The summed E-state index contributed by atoms with van der Waals surface area (Å²) in [6, 6.07) is -1.10. The highest BCUT2D eigenvalue weighted by Crippen LogP contribution is 2.51. The first-order valence-corrected chi connectivity index (χ1v) is 9.44. The van der Waals surface area contributed by atoms with Gasteiger partial charge in [0.1, 0.15) is 0 Å². The number of amides is 1. The van der Waals surface area contributed by atoms with Crippen LogP contribution in [-0.4, -0.2) is 39.6 Å². The van der Waals surface area contributed by atoms with Crippen LogP contribution in [0.3, 0.4) is 0 Å². The van der Waals surface area contributed by atoms with Gasteiger partial charge in [0.2, 0.25) is 0 Å². The van der Waals surface area contributed by atoms with Crippen LogP contribution >= 0.6 is 15.9 Å². The van der Waals surface area contributed by atoms with Crippen LogP contribution in [0.2, 0.25) is 0 Å². The van der Waals surface area contributed by atoms with Crippen LogP contribution in [0, 0.1) is 0 Å². The van der Waals surface area contributed by atoms with Crippen LogP contribution in [0.5, 0.6) is 0 Å². The quantitative estimate of drug-likeness (QED) is 0.407. The number of hydrogen-bond acceptors (Lipinski definition) is 1. The van der Waals surface area contributed by atoms with E-state index < -0.39 is 34.7 Å². The molecule has 0 heterocycles. The maximum absolute atomic E-state index is 13.3. The Morgan fingerprint density at radius 2 is 1.04 bits per heavy atom. The normalized spacial score (nSPS) is 22.0. The Balaban J connectivity index is 2.41. The van der Waals surface area contributed by atoms with Crippen molar-refractivity contribution < 1.29 is 31.1 Å². The molecule has 0 radical (unpaired) electrons. The van der Waals surface area contributed by atoms with E-state index >= 15 is 0 Å². The first kappa shape index (κ1) is 20.8. The molecule has 0 aromatic carbocycles. The van der Waals surface area contributed by atoms with Crippen molar-refractivity contribution in [2.24, 2.45) is 0 Å². The van der Waals surface area contributed by atoms with E-state index in [4.69, 9.17) is 0 Å². The fraction of sp³-hybridized carbons (Fsp3) is 0.938. The molecule has 2 rings (SSSR count). The lowest BCUT2D eigenvalue weighted by Crippen LogP contribution is -2.65. The van der Waals surface area contributed by atoms with E-state index in [9.17, 15) is 31.1 Å². The number of alkyl halides is 7. The minimum absolute atomic E-state index is 0.459. The lowest BCUT2D eigenvalue weighted by molar-refractivity contribution is -0.260. The van der Waals surface area contributed by atoms with Gasteiger partial charge in [0.25, 0.3) is 10.2 Å². The maximum atomic E-state index is 13.3. The SMILES string of the molecule is O=C(N(C1CCCCC1)C1CCCCC1)C(Br)(C(F)(F)F)C(F)(F)F. The second-order valence-corrected chi connectivity index (χ2v) is 8.14. The zero-order valence-electron chi connectivity index (χ0n) is 13.7. The fourth-order valence-corrected chi connectivity index (χ4v) is 4.13. The number of carbonyl (C=O) groups is 1. The van der Waals surface area contributed by atoms with Gasteiger partial charge in [-0.05, 0) is 25.7 Å². The van der Waals surface area contributed by atoms with Gasteiger partial charge < -0.3 is 4.90 Å². The molecule has 0 atom stereocenters. The van der Waals surface area contributed by atoms with Gasteiger partial charge in [0.05, 0.1) is 0 Å². The van der Waals surface area contributed by atoms with Gasteiger partial charge in [-0.3, -0.25) is 4.79 Å². The summed E-state index contributed by atoms with van der Waals surface area (Å²) in [7, 11) is 0. The number of carbonyl (C=O) groups excluding carboxylic acids is 1. The third-order valence-electron chi connectivity index (χ3n) is 5.25. The number of rotatable bonds is 3. The summed E-state index contributed by atoms with van der Waals surface area (Å²) >= 11 is 1.78. The zero-order chi connectivity index (χ0) is 18.9. The zero-order valence-corrected chi connectivity index (χ0v) is 15.3. The van der Waals surface area contributed by atoms with E-state index in [1.807, 2.05) is 0 Å². The molecule has 2 nitrogen and oxygen atoms in total. The molecule has 1 amide bonds. The summed E-state index contributed by atoms with van der Waals surface area (Å²) in [6.07, 6.45) is -5.04. The van der Waals surface area contributed by atoms with Gasteiger partial charge in [0, 0.05) is 12.1 Å². The predicted molar refractivity (Wildman–Crippen MR) is 84.4 cm³/mol. The predicted octanol–water partition coefficient (Wildman–Crippen LogP) is 5.74. The van der Waals surface area contributed by atoms with Gasteiger partial charge in [-0.2, -0.15) is 26.3 Å². The summed E-state index contributed by atoms with van der Waals surface area (Å²) < 4.78 is 75.4. The summed E-state index contributed by atoms with van der Waals surface area (Å²) in [6.45, 7) is 0. The standard InChI is InChI=1S/C16H22BrF6NO/c17-14(15(18,19)20,16(21,22)23)13(25)24(11-7-3-1-4-8-11)12-9-5-2-6-10-12/h11-12H,1-10H2. The third-order valence-corrected chi connectivity index (χ3v) is 6.48. The number of hydrogen-bond donors (Lipinski definition) is 0. The largest absolute Gasteiger partial charge is 0.421 e. The molecular weight excluding hydrogens is 416 g/mol. The summed E-state index contributed by atoms with van der Waals surface area (Å²) in [5.41, 5.74) is 0. The molecule has 0 unspecified atom stereocenters. The third kappa shape index (κ3) is 4.11. The summed E-state index contributed by atoms with van der Waals surface area (Å²) in [5.74, 6) is -1.90. The van der Waals surface area contributed by atoms with Crippen LogP contribution in [0.15, 0.2) is 0 Å². The van der Waals surface area contributed by atoms with E-state index in [2.05, 4.69) is 0 Å². The molecular formula is C16H22BrF6NO. The number of nitrogens with zero attached hydrogens (tertiary/aromatic N) is 1. The van der Waals surface area contributed by atoms with Gasteiger partial charge in [-0.15, -0.1) is 0 Å². The Bertz CT molecular complexity index is 434. The molecule has 0 bridgehead atoms. The highest BCUT2D eigenvalue weighted by molar-refractivity contribution is 9.10. The molecule has 2 aliphatic rings. The van der Waals surface area contributed by atoms with Gasteiger partial charge in [-0.25, -0.2) is 0 Å². The molecule has 146 valence electrons. The Labute approximate surface area is 151 Å².